The topological polar surface area (TPSA) is 79.2 Å². The largest absolute Gasteiger partial charge is 0.367 e. The predicted octanol–water partition coefficient (Wildman–Crippen LogP) is 3.42. The molecule has 1 unspecified atom stereocenters. The minimum absolute atomic E-state index is 0.0633. The number of rotatable bonds is 5. The number of hydrogen-bond acceptors (Lipinski definition) is 6. The molecule has 9 heteroatoms. The van der Waals surface area contributed by atoms with E-state index >= 15 is 0 Å². The standard InChI is InChI=1S/C21H25N7OS/c1-16(30-21-25-23-15-26(21)2)17-5-3-6-18(13-17)24-20(29)28-11-9-27(10-12-28)19-7-4-8-22-14-19/h3-8,13-16H,9-12H2,1-2H3,(H,24,29). The second kappa shape index (κ2) is 9.17. The number of anilines is 2. The molecule has 1 aliphatic heterocycles. The van der Waals surface area contributed by atoms with Crippen molar-refractivity contribution in [3.05, 3.63) is 60.7 Å². The van der Waals surface area contributed by atoms with E-state index in [2.05, 4.69) is 44.5 Å². The number of amides is 2. The van der Waals surface area contributed by atoms with Gasteiger partial charge in [0.2, 0.25) is 0 Å². The fourth-order valence-electron chi connectivity index (χ4n) is 3.39. The first-order valence-electron chi connectivity index (χ1n) is 9.91. The van der Waals surface area contributed by atoms with E-state index in [1.807, 2.05) is 47.0 Å². The van der Waals surface area contributed by atoms with Gasteiger partial charge < -0.3 is 19.7 Å². The summed E-state index contributed by atoms with van der Waals surface area (Å²) in [7, 11) is 1.93. The van der Waals surface area contributed by atoms with Crippen molar-refractivity contribution >= 4 is 29.2 Å². The van der Waals surface area contributed by atoms with Crippen LogP contribution in [0.4, 0.5) is 16.2 Å². The first-order chi connectivity index (χ1) is 14.6. The van der Waals surface area contributed by atoms with Crippen molar-refractivity contribution in [2.24, 2.45) is 7.05 Å². The van der Waals surface area contributed by atoms with Crippen LogP contribution in [0.2, 0.25) is 0 Å². The number of pyridine rings is 1. The van der Waals surface area contributed by atoms with Crippen molar-refractivity contribution in [1.82, 2.24) is 24.6 Å². The highest BCUT2D eigenvalue weighted by Gasteiger charge is 2.21. The predicted molar refractivity (Wildman–Crippen MR) is 119 cm³/mol. The SMILES string of the molecule is CC(Sc1nncn1C)c1cccc(NC(=O)N2CCN(c3cccnc3)CC2)c1. The number of carbonyl (C=O) groups excluding carboxylic acids is 1. The molecule has 0 bridgehead atoms. The maximum absolute atomic E-state index is 12.7. The molecule has 0 aliphatic carbocycles. The Balaban J connectivity index is 1.34. The molecule has 4 rings (SSSR count). The first-order valence-corrected chi connectivity index (χ1v) is 10.8. The molecule has 1 aromatic carbocycles. The zero-order valence-corrected chi connectivity index (χ0v) is 17.9. The molecule has 3 heterocycles. The summed E-state index contributed by atoms with van der Waals surface area (Å²) < 4.78 is 1.90. The molecule has 1 atom stereocenters. The number of carbonyl (C=O) groups is 1. The van der Waals surface area contributed by atoms with Gasteiger partial charge in [0.1, 0.15) is 6.33 Å². The van der Waals surface area contributed by atoms with Gasteiger partial charge in [-0.25, -0.2) is 4.79 Å². The van der Waals surface area contributed by atoms with E-state index in [1.165, 1.54) is 0 Å². The normalized spacial score (nSPS) is 15.1. The van der Waals surface area contributed by atoms with Gasteiger partial charge in [-0.1, -0.05) is 23.9 Å². The molecule has 0 spiro atoms. The lowest BCUT2D eigenvalue weighted by Gasteiger charge is -2.35. The fourth-order valence-corrected chi connectivity index (χ4v) is 4.29. The van der Waals surface area contributed by atoms with Crippen LogP contribution in [-0.4, -0.2) is 56.9 Å². The van der Waals surface area contributed by atoms with Crippen LogP contribution < -0.4 is 10.2 Å². The number of nitrogens with one attached hydrogen (secondary N) is 1. The van der Waals surface area contributed by atoms with E-state index in [0.717, 1.165) is 35.2 Å². The second-order valence-corrected chi connectivity index (χ2v) is 8.53. The summed E-state index contributed by atoms with van der Waals surface area (Å²) in [6.07, 6.45) is 5.33. The monoisotopic (exact) mass is 423 g/mol. The van der Waals surface area contributed by atoms with Gasteiger partial charge in [-0.2, -0.15) is 0 Å². The molecular weight excluding hydrogens is 398 g/mol. The molecule has 30 heavy (non-hydrogen) atoms. The highest BCUT2D eigenvalue weighted by Crippen LogP contribution is 2.34. The number of aromatic nitrogens is 4. The number of nitrogens with zero attached hydrogens (tertiary/aromatic N) is 6. The third kappa shape index (κ3) is 4.73. The van der Waals surface area contributed by atoms with Crippen molar-refractivity contribution in [3.8, 4) is 0 Å². The van der Waals surface area contributed by atoms with E-state index < -0.39 is 0 Å². The smallest absolute Gasteiger partial charge is 0.321 e. The molecule has 1 N–H and O–H groups in total. The number of benzene rings is 1. The summed E-state index contributed by atoms with van der Waals surface area (Å²) in [5.41, 5.74) is 3.03. The molecule has 2 aromatic heterocycles. The van der Waals surface area contributed by atoms with E-state index in [4.69, 9.17) is 0 Å². The van der Waals surface area contributed by atoms with Crippen molar-refractivity contribution in [2.45, 2.75) is 17.3 Å². The maximum atomic E-state index is 12.7. The van der Waals surface area contributed by atoms with E-state index in [1.54, 1.807) is 24.3 Å². The molecule has 1 aliphatic rings. The van der Waals surface area contributed by atoms with Crippen LogP contribution in [0.5, 0.6) is 0 Å². The first kappa shape index (κ1) is 20.2. The second-order valence-electron chi connectivity index (χ2n) is 7.23. The van der Waals surface area contributed by atoms with Crippen LogP contribution in [0.1, 0.15) is 17.7 Å². The Morgan fingerprint density at radius 1 is 1.17 bits per heavy atom. The van der Waals surface area contributed by atoms with Gasteiger partial charge in [0, 0.05) is 50.4 Å². The van der Waals surface area contributed by atoms with Gasteiger partial charge in [-0.3, -0.25) is 4.98 Å². The number of urea groups is 1. The van der Waals surface area contributed by atoms with Gasteiger partial charge in [-0.05, 0) is 36.8 Å². The summed E-state index contributed by atoms with van der Waals surface area (Å²) in [6.45, 7) is 5.07. The Kier molecular flexibility index (Phi) is 6.18. The van der Waals surface area contributed by atoms with Gasteiger partial charge in [0.05, 0.1) is 11.9 Å². The van der Waals surface area contributed by atoms with Gasteiger partial charge in [-0.15, -0.1) is 10.2 Å². The number of aryl methyl sites for hydroxylation is 1. The molecular formula is C21H25N7OS. The van der Waals surface area contributed by atoms with Gasteiger partial charge in [0.25, 0.3) is 0 Å². The zero-order chi connectivity index (χ0) is 20.9. The van der Waals surface area contributed by atoms with Crippen LogP contribution in [0.25, 0.3) is 0 Å². The summed E-state index contributed by atoms with van der Waals surface area (Å²) in [6, 6.07) is 11.9. The van der Waals surface area contributed by atoms with E-state index in [9.17, 15) is 4.79 Å². The summed E-state index contributed by atoms with van der Waals surface area (Å²) in [5, 5.41) is 12.2. The lowest BCUT2D eigenvalue weighted by molar-refractivity contribution is 0.208. The molecule has 1 saturated heterocycles. The molecule has 156 valence electrons. The van der Waals surface area contributed by atoms with Crippen molar-refractivity contribution in [3.63, 3.8) is 0 Å². The van der Waals surface area contributed by atoms with E-state index in [-0.39, 0.29) is 11.3 Å². The molecule has 0 radical (unpaired) electrons. The average molecular weight is 424 g/mol. The van der Waals surface area contributed by atoms with Crippen LogP contribution in [0, 0.1) is 0 Å². The summed E-state index contributed by atoms with van der Waals surface area (Å²) in [4.78, 5) is 21.0. The Morgan fingerprint density at radius 2 is 2.00 bits per heavy atom. The third-order valence-corrected chi connectivity index (χ3v) is 6.34. The highest BCUT2D eigenvalue weighted by atomic mass is 32.2. The number of piperazine rings is 1. The van der Waals surface area contributed by atoms with Crippen LogP contribution >= 0.6 is 11.8 Å². The number of hydrogen-bond donors (Lipinski definition) is 1. The molecule has 3 aromatic rings. The maximum Gasteiger partial charge on any atom is 0.321 e. The number of thioether (sulfide) groups is 1. The minimum atomic E-state index is -0.0633. The van der Waals surface area contributed by atoms with Crippen LogP contribution in [0.15, 0.2) is 60.3 Å². The molecule has 2 amide bonds. The molecule has 0 saturated carbocycles. The van der Waals surface area contributed by atoms with Crippen molar-refractivity contribution < 1.29 is 4.79 Å². The Hall–Kier alpha value is -3.07. The lowest BCUT2D eigenvalue weighted by atomic mass is 10.1. The zero-order valence-electron chi connectivity index (χ0n) is 17.1. The Labute approximate surface area is 180 Å². The lowest BCUT2D eigenvalue weighted by Crippen LogP contribution is -2.50. The van der Waals surface area contributed by atoms with Crippen LogP contribution in [0.3, 0.4) is 0 Å². The average Bonchev–Trinajstić information content (AvgIpc) is 3.19. The van der Waals surface area contributed by atoms with Gasteiger partial charge in [0.15, 0.2) is 5.16 Å². The quantitative estimate of drug-likeness (QED) is 0.634. The Morgan fingerprint density at radius 3 is 2.70 bits per heavy atom. The van der Waals surface area contributed by atoms with Crippen molar-refractivity contribution in [1.29, 1.82) is 0 Å². The Bertz CT molecular complexity index is 986. The minimum Gasteiger partial charge on any atom is -0.367 e. The molecule has 8 nitrogen and oxygen atoms in total. The van der Waals surface area contributed by atoms with Crippen molar-refractivity contribution in [2.75, 3.05) is 36.4 Å². The van der Waals surface area contributed by atoms with Gasteiger partial charge >= 0.3 is 6.03 Å². The molecule has 1 fully saturated rings. The fraction of sp³-hybridized carbons (Fsp3) is 0.333. The summed E-state index contributed by atoms with van der Waals surface area (Å²) >= 11 is 1.64. The summed E-state index contributed by atoms with van der Waals surface area (Å²) in [5.74, 6) is 0. The third-order valence-electron chi connectivity index (χ3n) is 5.14. The van der Waals surface area contributed by atoms with E-state index in [0.29, 0.717) is 13.1 Å². The van der Waals surface area contributed by atoms with Crippen LogP contribution in [-0.2, 0) is 7.05 Å². The highest BCUT2D eigenvalue weighted by molar-refractivity contribution is 7.99.